The first-order chi connectivity index (χ1) is 13.7. The van der Waals surface area contributed by atoms with Gasteiger partial charge in [-0.25, -0.2) is 9.78 Å². The van der Waals surface area contributed by atoms with Gasteiger partial charge in [-0.15, -0.1) is 0 Å². The van der Waals surface area contributed by atoms with Gasteiger partial charge in [-0.2, -0.15) is 4.98 Å². The molecule has 0 saturated heterocycles. The quantitative estimate of drug-likeness (QED) is 0.579. The number of aromatic nitrogens is 2. The van der Waals surface area contributed by atoms with Crippen LogP contribution in [0, 0.1) is 0 Å². The van der Waals surface area contributed by atoms with E-state index in [1.165, 1.54) is 7.11 Å². The Labute approximate surface area is 163 Å². The van der Waals surface area contributed by atoms with E-state index in [2.05, 4.69) is 20.6 Å². The predicted octanol–water partition coefficient (Wildman–Crippen LogP) is 3.67. The van der Waals surface area contributed by atoms with Crippen LogP contribution >= 0.6 is 0 Å². The number of para-hydroxylation sites is 2. The van der Waals surface area contributed by atoms with Gasteiger partial charge in [0.05, 0.1) is 25.5 Å². The van der Waals surface area contributed by atoms with Crippen LogP contribution in [0.3, 0.4) is 0 Å². The molecule has 28 heavy (non-hydrogen) atoms. The van der Waals surface area contributed by atoms with E-state index in [4.69, 9.17) is 9.47 Å². The fraction of sp³-hybridized carbons (Fsp3) is 0.190. The topological polar surface area (TPSA) is 85.4 Å². The smallest absolute Gasteiger partial charge is 0.339 e. The second-order valence-electron chi connectivity index (χ2n) is 5.92. The lowest BCUT2D eigenvalue weighted by atomic mass is 10.1. The molecule has 0 unspecified atom stereocenters. The largest absolute Gasteiger partial charge is 0.496 e. The highest BCUT2D eigenvalue weighted by molar-refractivity contribution is 5.96. The molecule has 0 atom stereocenters. The van der Waals surface area contributed by atoms with Gasteiger partial charge in [-0.1, -0.05) is 30.3 Å². The maximum Gasteiger partial charge on any atom is 0.339 e. The monoisotopic (exact) mass is 378 g/mol. The summed E-state index contributed by atoms with van der Waals surface area (Å²) in [5.74, 6) is 1.52. The molecule has 0 saturated carbocycles. The molecule has 0 aliphatic carbocycles. The lowest BCUT2D eigenvalue weighted by Crippen LogP contribution is -2.10. The van der Waals surface area contributed by atoms with E-state index in [0.717, 1.165) is 17.7 Å². The van der Waals surface area contributed by atoms with Crippen molar-refractivity contribution < 1.29 is 14.3 Å². The first kappa shape index (κ1) is 19.2. The molecule has 3 aromatic rings. The molecule has 1 heterocycles. The van der Waals surface area contributed by atoms with Gasteiger partial charge in [0.1, 0.15) is 11.6 Å². The van der Waals surface area contributed by atoms with E-state index < -0.39 is 5.97 Å². The van der Waals surface area contributed by atoms with Crippen LogP contribution in [0.4, 0.5) is 17.5 Å². The minimum Gasteiger partial charge on any atom is -0.496 e. The Balaban J connectivity index is 1.66. The molecule has 0 aliphatic rings. The SMILES string of the molecule is COC(=O)c1ccccc1Nc1ccnc(NCCc2ccccc2OC)n1. The highest BCUT2D eigenvalue weighted by Crippen LogP contribution is 2.21. The number of nitrogens with zero attached hydrogens (tertiary/aromatic N) is 2. The van der Waals surface area contributed by atoms with Crippen LogP contribution in [0.15, 0.2) is 60.8 Å². The number of ether oxygens (including phenoxy) is 2. The number of hydrogen-bond donors (Lipinski definition) is 2. The molecule has 144 valence electrons. The number of methoxy groups -OCH3 is 2. The average Bonchev–Trinajstić information content (AvgIpc) is 2.74. The molecule has 0 fully saturated rings. The Kier molecular flexibility index (Phi) is 6.41. The number of anilines is 3. The summed E-state index contributed by atoms with van der Waals surface area (Å²) in [4.78, 5) is 20.6. The number of rotatable bonds is 8. The van der Waals surface area contributed by atoms with Crippen molar-refractivity contribution in [2.45, 2.75) is 6.42 Å². The van der Waals surface area contributed by atoms with E-state index in [1.807, 2.05) is 30.3 Å². The van der Waals surface area contributed by atoms with Crippen molar-refractivity contribution in [2.24, 2.45) is 0 Å². The van der Waals surface area contributed by atoms with Crippen molar-refractivity contribution in [1.29, 1.82) is 0 Å². The van der Waals surface area contributed by atoms with Gasteiger partial charge in [0.15, 0.2) is 0 Å². The number of carbonyl (C=O) groups is 1. The van der Waals surface area contributed by atoms with E-state index in [0.29, 0.717) is 29.6 Å². The van der Waals surface area contributed by atoms with Crippen LogP contribution in [-0.4, -0.2) is 36.7 Å². The van der Waals surface area contributed by atoms with Crippen molar-refractivity contribution in [3.63, 3.8) is 0 Å². The first-order valence-electron chi connectivity index (χ1n) is 8.84. The van der Waals surface area contributed by atoms with Gasteiger partial charge in [-0.05, 0) is 36.2 Å². The summed E-state index contributed by atoms with van der Waals surface area (Å²) in [6.45, 7) is 0.655. The Hall–Kier alpha value is -3.61. The predicted molar refractivity (Wildman–Crippen MR) is 108 cm³/mol. The number of hydrogen-bond acceptors (Lipinski definition) is 7. The summed E-state index contributed by atoms with van der Waals surface area (Å²) in [6, 6.07) is 16.7. The van der Waals surface area contributed by atoms with Crippen LogP contribution in [-0.2, 0) is 11.2 Å². The highest BCUT2D eigenvalue weighted by atomic mass is 16.5. The molecule has 7 heteroatoms. The Bertz CT molecular complexity index is 946. The van der Waals surface area contributed by atoms with Gasteiger partial charge in [-0.3, -0.25) is 0 Å². The zero-order valence-electron chi connectivity index (χ0n) is 15.8. The van der Waals surface area contributed by atoms with Crippen LogP contribution in [0.5, 0.6) is 5.75 Å². The lowest BCUT2D eigenvalue weighted by Gasteiger charge is -2.12. The summed E-state index contributed by atoms with van der Waals surface area (Å²) in [7, 11) is 3.02. The summed E-state index contributed by atoms with van der Waals surface area (Å²) in [5.41, 5.74) is 2.17. The number of benzene rings is 2. The van der Waals surface area contributed by atoms with E-state index in [9.17, 15) is 4.79 Å². The summed E-state index contributed by atoms with van der Waals surface area (Å²) < 4.78 is 10.2. The highest BCUT2D eigenvalue weighted by Gasteiger charge is 2.11. The molecular weight excluding hydrogens is 356 g/mol. The maximum atomic E-state index is 11.9. The minimum absolute atomic E-state index is 0.410. The van der Waals surface area contributed by atoms with Crippen molar-refractivity contribution in [1.82, 2.24) is 9.97 Å². The molecule has 2 aromatic carbocycles. The molecule has 0 radical (unpaired) electrons. The van der Waals surface area contributed by atoms with E-state index in [-0.39, 0.29) is 0 Å². The molecule has 0 aliphatic heterocycles. The number of carbonyl (C=O) groups excluding carboxylic acids is 1. The molecule has 7 nitrogen and oxygen atoms in total. The van der Waals surface area contributed by atoms with Gasteiger partial charge in [0.2, 0.25) is 5.95 Å². The van der Waals surface area contributed by atoms with Gasteiger partial charge >= 0.3 is 5.97 Å². The third-order valence-electron chi connectivity index (χ3n) is 4.12. The lowest BCUT2D eigenvalue weighted by molar-refractivity contribution is 0.0602. The van der Waals surface area contributed by atoms with Crippen molar-refractivity contribution in [2.75, 3.05) is 31.4 Å². The summed E-state index contributed by atoms with van der Waals surface area (Å²) in [6.07, 6.45) is 2.43. The fourth-order valence-electron chi connectivity index (χ4n) is 2.75. The van der Waals surface area contributed by atoms with Crippen molar-refractivity contribution >= 4 is 23.4 Å². The second kappa shape index (κ2) is 9.36. The van der Waals surface area contributed by atoms with E-state index >= 15 is 0 Å². The third-order valence-corrected chi connectivity index (χ3v) is 4.12. The van der Waals surface area contributed by atoms with Gasteiger partial charge < -0.3 is 20.1 Å². The standard InChI is InChI=1S/C21H22N4O3/c1-27-18-10-6-3-7-15(18)11-13-22-21-23-14-12-19(25-21)24-17-9-5-4-8-16(17)20(26)28-2/h3-10,12,14H,11,13H2,1-2H3,(H2,22,23,24,25). The summed E-state index contributed by atoms with van der Waals surface area (Å²) >= 11 is 0. The number of esters is 1. The molecule has 0 spiro atoms. The zero-order valence-corrected chi connectivity index (χ0v) is 15.8. The van der Waals surface area contributed by atoms with Crippen LogP contribution in [0.1, 0.15) is 15.9 Å². The normalized spacial score (nSPS) is 10.2. The van der Waals surface area contributed by atoms with Crippen LogP contribution in [0.25, 0.3) is 0 Å². The minimum atomic E-state index is -0.410. The average molecular weight is 378 g/mol. The Morgan fingerprint density at radius 3 is 2.64 bits per heavy atom. The molecule has 2 N–H and O–H groups in total. The zero-order chi connectivity index (χ0) is 19.8. The van der Waals surface area contributed by atoms with Crippen LogP contribution < -0.4 is 15.4 Å². The second-order valence-corrected chi connectivity index (χ2v) is 5.92. The Morgan fingerprint density at radius 2 is 1.82 bits per heavy atom. The molecule has 1 aromatic heterocycles. The first-order valence-corrected chi connectivity index (χ1v) is 8.84. The molecule has 0 amide bonds. The van der Waals surface area contributed by atoms with Gasteiger partial charge in [0.25, 0.3) is 0 Å². The van der Waals surface area contributed by atoms with Crippen molar-refractivity contribution in [3.8, 4) is 5.75 Å². The maximum absolute atomic E-state index is 11.9. The molecule has 0 bridgehead atoms. The van der Waals surface area contributed by atoms with Gasteiger partial charge in [0, 0.05) is 12.7 Å². The fourth-order valence-corrected chi connectivity index (χ4v) is 2.75. The van der Waals surface area contributed by atoms with Crippen molar-refractivity contribution in [3.05, 3.63) is 71.9 Å². The van der Waals surface area contributed by atoms with Crippen LogP contribution in [0.2, 0.25) is 0 Å². The molecular formula is C21H22N4O3. The third kappa shape index (κ3) is 4.76. The summed E-state index contributed by atoms with van der Waals surface area (Å²) in [5, 5.41) is 6.35. The molecule has 3 rings (SSSR count). The number of nitrogens with one attached hydrogen (secondary N) is 2. The Morgan fingerprint density at radius 1 is 1.04 bits per heavy atom. The van der Waals surface area contributed by atoms with E-state index in [1.54, 1.807) is 37.6 Å².